The third kappa shape index (κ3) is 2.44. The number of carbonyl (C=O) groups is 2. The van der Waals surface area contributed by atoms with Crippen molar-refractivity contribution in [2.75, 3.05) is 19.7 Å². The van der Waals surface area contributed by atoms with Crippen LogP contribution in [0.15, 0.2) is 22.6 Å². The lowest BCUT2D eigenvalue weighted by atomic mass is 10.1. The Labute approximate surface area is 131 Å². The highest BCUT2D eigenvalue weighted by Gasteiger charge is 2.32. The zero-order valence-electron chi connectivity index (χ0n) is 11.8. The second-order valence-electron chi connectivity index (χ2n) is 5.12. The molecule has 22 heavy (non-hydrogen) atoms. The number of benzene rings is 1. The number of morpholine rings is 1. The van der Waals surface area contributed by atoms with Gasteiger partial charge in [-0.05, 0) is 13.0 Å². The molecule has 6 nitrogen and oxygen atoms in total. The van der Waals surface area contributed by atoms with Crippen LogP contribution in [-0.4, -0.2) is 47.7 Å². The minimum absolute atomic E-state index is 0.00160. The number of carboxylic acid groups (broad SMARTS) is 1. The first-order chi connectivity index (χ1) is 10.5. The molecule has 1 aromatic heterocycles. The van der Waals surface area contributed by atoms with E-state index in [2.05, 4.69) is 0 Å². The molecule has 1 aromatic carbocycles. The van der Waals surface area contributed by atoms with E-state index in [4.69, 9.17) is 25.9 Å². The van der Waals surface area contributed by atoms with Crippen LogP contribution in [0.1, 0.15) is 16.1 Å². The Bertz CT molecular complexity index is 754. The predicted octanol–water partition coefficient (Wildman–Crippen LogP) is 2.32. The topological polar surface area (TPSA) is 80.0 Å². The quantitative estimate of drug-likeness (QED) is 0.917. The van der Waals surface area contributed by atoms with Gasteiger partial charge in [0.15, 0.2) is 17.4 Å². The van der Waals surface area contributed by atoms with Crippen molar-refractivity contribution in [3.8, 4) is 0 Å². The summed E-state index contributed by atoms with van der Waals surface area (Å²) in [5.74, 6) is -1.24. The third-order valence-electron chi connectivity index (χ3n) is 3.74. The molecule has 0 saturated carbocycles. The second-order valence-corrected chi connectivity index (χ2v) is 5.53. The number of carbonyl (C=O) groups excluding carboxylic acids is 1. The van der Waals surface area contributed by atoms with Crippen LogP contribution in [0.4, 0.5) is 0 Å². The molecule has 0 radical (unpaired) electrons. The molecule has 2 aromatic rings. The van der Waals surface area contributed by atoms with Gasteiger partial charge in [0.1, 0.15) is 0 Å². The first kappa shape index (κ1) is 14.9. The van der Waals surface area contributed by atoms with Crippen molar-refractivity contribution in [1.82, 2.24) is 4.90 Å². The number of aliphatic carboxylic acids is 1. The van der Waals surface area contributed by atoms with Gasteiger partial charge in [-0.25, -0.2) is 4.79 Å². The Morgan fingerprint density at radius 3 is 2.86 bits per heavy atom. The van der Waals surface area contributed by atoms with Crippen molar-refractivity contribution < 1.29 is 23.8 Å². The maximum Gasteiger partial charge on any atom is 0.334 e. The molecular formula is C15H14ClNO5. The monoisotopic (exact) mass is 323 g/mol. The molecule has 1 N–H and O–H groups in total. The van der Waals surface area contributed by atoms with Crippen LogP contribution in [-0.2, 0) is 9.53 Å². The lowest BCUT2D eigenvalue weighted by Crippen LogP contribution is -2.48. The molecule has 116 valence electrons. The number of furan rings is 1. The summed E-state index contributed by atoms with van der Waals surface area (Å²) in [5.41, 5.74) is 1.16. The van der Waals surface area contributed by atoms with Gasteiger partial charge in [-0.2, -0.15) is 0 Å². The fourth-order valence-electron chi connectivity index (χ4n) is 2.54. The summed E-state index contributed by atoms with van der Waals surface area (Å²) in [6, 6.07) is 5.31. The minimum Gasteiger partial charge on any atom is -0.479 e. The van der Waals surface area contributed by atoms with E-state index < -0.39 is 12.1 Å². The number of ether oxygens (including phenoxy) is 1. The molecule has 0 bridgehead atoms. The zero-order valence-corrected chi connectivity index (χ0v) is 12.6. The highest BCUT2D eigenvalue weighted by molar-refractivity contribution is 6.35. The van der Waals surface area contributed by atoms with Crippen molar-refractivity contribution in [2.45, 2.75) is 13.0 Å². The average Bonchev–Trinajstić information content (AvgIpc) is 2.85. The summed E-state index contributed by atoms with van der Waals surface area (Å²) in [5, 5.41) is 10.2. The van der Waals surface area contributed by atoms with E-state index in [0.29, 0.717) is 22.7 Å². The van der Waals surface area contributed by atoms with Gasteiger partial charge in [0.2, 0.25) is 0 Å². The molecule has 1 atom stereocenters. The van der Waals surface area contributed by atoms with Gasteiger partial charge in [-0.3, -0.25) is 4.79 Å². The minimum atomic E-state index is -1.08. The molecule has 1 saturated heterocycles. The Morgan fingerprint density at radius 1 is 1.41 bits per heavy atom. The number of halogens is 1. The summed E-state index contributed by atoms with van der Waals surface area (Å²) in [4.78, 5) is 25.0. The number of para-hydroxylation sites is 1. The Kier molecular flexibility index (Phi) is 3.80. The van der Waals surface area contributed by atoms with E-state index in [-0.39, 0.29) is 24.8 Å². The molecule has 3 rings (SSSR count). The standard InChI is InChI=1S/C15H14ClNO5/c1-8-9-3-2-4-10(16)13(9)22-12(8)14(18)17-5-6-21-11(7-17)15(19)20/h2-4,11H,5-7H2,1H3,(H,19,20). The second kappa shape index (κ2) is 5.62. The van der Waals surface area contributed by atoms with Gasteiger partial charge in [-0.15, -0.1) is 0 Å². The fraction of sp³-hybridized carbons (Fsp3) is 0.333. The molecule has 1 unspecified atom stereocenters. The number of carboxylic acids is 1. The number of aryl methyl sites for hydroxylation is 1. The van der Waals surface area contributed by atoms with Gasteiger partial charge in [0.05, 0.1) is 18.2 Å². The largest absolute Gasteiger partial charge is 0.479 e. The van der Waals surface area contributed by atoms with E-state index in [1.807, 2.05) is 6.07 Å². The average molecular weight is 324 g/mol. The van der Waals surface area contributed by atoms with Gasteiger partial charge >= 0.3 is 5.97 Å². The van der Waals surface area contributed by atoms with Gasteiger partial charge in [0, 0.05) is 17.5 Å². The first-order valence-corrected chi connectivity index (χ1v) is 7.18. The van der Waals surface area contributed by atoms with Crippen molar-refractivity contribution in [2.24, 2.45) is 0 Å². The van der Waals surface area contributed by atoms with Crippen molar-refractivity contribution >= 4 is 34.4 Å². The Balaban J connectivity index is 1.94. The highest BCUT2D eigenvalue weighted by Crippen LogP contribution is 2.31. The van der Waals surface area contributed by atoms with Crippen LogP contribution in [0.2, 0.25) is 5.02 Å². The van der Waals surface area contributed by atoms with E-state index in [0.717, 1.165) is 5.39 Å². The van der Waals surface area contributed by atoms with Crippen LogP contribution in [0, 0.1) is 6.92 Å². The number of fused-ring (bicyclic) bond motifs is 1. The van der Waals surface area contributed by atoms with E-state index >= 15 is 0 Å². The van der Waals surface area contributed by atoms with Crippen LogP contribution >= 0.6 is 11.6 Å². The number of amides is 1. The molecule has 0 spiro atoms. The van der Waals surface area contributed by atoms with Gasteiger partial charge < -0.3 is 19.2 Å². The SMILES string of the molecule is Cc1c(C(=O)N2CCOC(C(=O)O)C2)oc2c(Cl)cccc12. The molecular weight excluding hydrogens is 310 g/mol. The molecule has 7 heteroatoms. The van der Waals surface area contributed by atoms with Crippen LogP contribution in [0.25, 0.3) is 11.0 Å². The molecule has 1 aliphatic rings. The molecule has 1 aliphatic heterocycles. The lowest BCUT2D eigenvalue weighted by molar-refractivity contribution is -0.154. The summed E-state index contributed by atoms with van der Waals surface area (Å²) in [7, 11) is 0. The molecule has 1 fully saturated rings. The van der Waals surface area contributed by atoms with Crippen molar-refractivity contribution in [1.29, 1.82) is 0 Å². The number of rotatable bonds is 2. The maximum absolute atomic E-state index is 12.6. The number of hydrogen-bond acceptors (Lipinski definition) is 4. The molecule has 2 heterocycles. The van der Waals surface area contributed by atoms with Crippen LogP contribution in [0.5, 0.6) is 0 Å². The smallest absolute Gasteiger partial charge is 0.334 e. The molecule has 0 aliphatic carbocycles. The third-order valence-corrected chi connectivity index (χ3v) is 4.04. The van der Waals surface area contributed by atoms with Gasteiger partial charge in [-0.1, -0.05) is 23.7 Å². The first-order valence-electron chi connectivity index (χ1n) is 6.80. The van der Waals surface area contributed by atoms with Crippen LogP contribution in [0.3, 0.4) is 0 Å². The summed E-state index contributed by atoms with van der Waals surface area (Å²) in [6.07, 6.45) is -1.01. The summed E-state index contributed by atoms with van der Waals surface area (Å²) >= 11 is 6.08. The number of nitrogens with zero attached hydrogens (tertiary/aromatic N) is 1. The molecule has 1 amide bonds. The van der Waals surface area contributed by atoms with Gasteiger partial charge in [0.25, 0.3) is 5.91 Å². The summed E-state index contributed by atoms with van der Waals surface area (Å²) in [6.45, 7) is 2.29. The zero-order chi connectivity index (χ0) is 15.9. The highest BCUT2D eigenvalue weighted by atomic mass is 35.5. The Hall–Kier alpha value is -2.05. The fourth-order valence-corrected chi connectivity index (χ4v) is 2.75. The number of hydrogen-bond donors (Lipinski definition) is 1. The van der Waals surface area contributed by atoms with Crippen molar-refractivity contribution in [3.63, 3.8) is 0 Å². The lowest BCUT2D eigenvalue weighted by Gasteiger charge is -2.30. The van der Waals surface area contributed by atoms with Crippen LogP contribution < -0.4 is 0 Å². The summed E-state index contributed by atoms with van der Waals surface area (Å²) < 4.78 is 10.7. The normalized spacial score (nSPS) is 18.6. The Morgan fingerprint density at radius 2 is 2.18 bits per heavy atom. The maximum atomic E-state index is 12.6. The van der Waals surface area contributed by atoms with Crippen molar-refractivity contribution in [3.05, 3.63) is 34.5 Å². The van der Waals surface area contributed by atoms with E-state index in [9.17, 15) is 9.59 Å². The van der Waals surface area contributed by atoms with E-state index in [1.165, 1.54) is 4.90 Å². The predicted molar refractivity (Wildman–Crippen MR) is 79.2 cm³/mol. The van der Waals surface area contributed by atoms with E-state index in [1.54, 1.807) is 19.1 Å².